The highest BCUT2D eigenvalue weighted by molar-refractivity contribution is 7.92. The fourth-order valence-corrected chi connectivity index (χ4v) is 5.00. The molecule has 0 aliphatic carbocycles. The van der Waals surface area contributed by atoms with E-state index in [4.69, 9.17) is 9.47 Å². The molecular formula is C23H29N3O6S. The highest BCUT2D eigenvalue weighted by Crippen LogP contribution is 2.31. The Balaban J connectivity index is 1.88. The summed E-state index contributed by atoms with van der Waals surface area (Å²) < 4.78 is 37.9. The summed E-state index contributed by atoms with van der Waals surface area (Å²) in [6.45, 7) is 3.42. The van der Waals surface area contributed by atoms with Gasteiger partial charge in [0.1, 0.15) is 5.75 Å². The standard InChI is InChI=1S/C23H29N3O6S/c1-17-10-11-18(33(29,30)24(2)20-8-5-6-9-21(20)31-3)16-19(17)22(27)25-12-7-13-26(15-14-25)23(28)32-4/h5-6,8-11,16H,7,12-15H2,1-4H3. The van der Waals surface area contributed by atoms with E-state index in [2.05, 4.69) is 0 Å². The van der Waals surface area contributed by atoms with Crippen molar-refractivity contribution in [3.63, 3.8) is 0 Å². The molecule has 1 aliphatic heterocycles. The van der Waals surface area contributed by atoms with Crippen molar-refractivity contribution >= 4 is 27.7 Å². The van der Waals surface area contributed by atoms with Gasteiger partial charge in [-0.1, -0.05) is 18.2 Å². The number of sulfonamides is 1. The number of aryl methyl sites for hydroxylation is 1. The van der Waals surface area contributed by atoms with Crippen LogP contribution in [-0.4, -0.2) is 77.7 Å². The molecule has 2 aromatic rings. The second-order valence-corrected chi connectivity index (χ2v) is 9.69. The quantitative estimate of drug-likeness (QED) is 0.660. The van der Waals surface area contributed by atoms with Gasteiger partial charge in [-0.15, -0.1) is 0 Å². The number of para-hydroxylation sites is 2. The van der Waals surface area contributed by atoms with E-state index in [0.717, 1.165) is 4.31 Å². The van der Waals surface area contributed by atoms with Gasteiger partial charge in [-0.25, -0.2) is 13.2 Å². The number of ether oxygens (including phenoxy) is 2. The number of carbonyl (C=O) groups is 2. The molecule has 0 bridgehead atoms. The predicted molar refractivity (Wildman–Crippen MR) is 124 cm³/mol. The van der Waals surface area contributed by atoms with Crippen LogP contribution in [-0.2, 0) is 14.8 Å². The first-order valence-electron chi connectivity index (χ1n) is 10.6. The number of nitrogens with zero attached hydrogens (tertiary/aromatic N) is 3. The van der Waals surface area contributed by atoms with Crippen LogP contribution in [0.15, 0.2) is 47.4 Å². The fourth-order valence-electron chi connectivity index (χ4n) is 3.77. The normalized spacial score (nSPS) is 14.4. The molecule has 1 heterocycles. The number of hydrogen-bond donors (Lipinski definition) is 0. The Hall–Kier alpha value is -3.27. The molecule has 2 amide bonds. The summed E-state index contributed by atoms with van der Waals surface area (Å²) in [6.07, 6.45) is 0.182. The largest absolute Gasteiger partial charge is 0.495 e. The molecular weight excluding hydrogens is 446 g/mol. The van der Waals surface area contributed by atoms with Gasteiger partial charge in [0.2, 0.25) is 0 Å². The van der Waals surface area contributed by atoms with Crippen LogP contribution in [0.4, 0.5) is 10.5 Å². The molecule has 0 saturated carbocycles. The molecule has 0 radical (unpaired) electrons. The van der Waals surface area contributed by atoms with Crippen molar-refractivity contribution in [1.82, 2.24) is 9.80 Å². The van der Waals surface area contributed by atoms with Crippen molar-refractivity contribution < 1.29 is 27.5 Å². The van der Waals surface area contributed by atoms with Crippen molar-refractivity contribution in [2.24, 2.45) is 0 Å². The summed E-state index contributed by atoms with van der Waals surface area (Å²) in [4.78, 5) is 28.3. The minimum Gasteiger partial charge on any atom is -0.495 e. The highest BCUT2D eigenvalue weighted by atomic mass is 32.2. The molecule has 0 unspecified atom stereocenters. The molecule has 1 fully saturated rings. The fraction of sp³-hybridized carbons (Fsp3) is 0.391. The molecule has 10 heteroatoms. The first kappa shape index (κ1) is 24.4. The Labute approximate surface area is 194 Å². The van der Waals surface area contributed by atoms with Gasteiger partial charge in [0, 0.05) is 38.8 Å². The van der Waals surface area contributed by atoms with Crippen LogP contribution >= 0.6 is 0 Å². The topological polar surface area (TPSA) is 96.5 Å². The SMILES string of the molecule is COC(=O)N1CCCN(C(=O)c2cc(S(=O)(=O)N(C)c3ccccc3OC)ccc2C)CC1. The van der Waals surface area contributed by atoms with Gasteiger partial charge < -0.3 is 19.3 Å². The van der Waals surface area contributed by atoms with Gasteiger partial charge >= 0.3 is 6.09 Å². The number of carbonyl (C=O) groups excluding carboxylic acids is 2. The zero-order valence-corrected chi connectivity index (χ0v) is 20.1. The van der Waals surface area contributed by atoms with E-state index in [1.165, 1.54) is 33.4 Å². The molecule has 1 saturated heterocycles. The van der Waals surface area contributed by atoms with Crippen LogP contribution in [0.1, 0.15) is 22.3 Å². The molecule has 178 valence electrons. The smallest absolute Gasteiger partial charge is 0.409 e. The number of methoxy groups -OCH3 is 2. The molecule has 0 spiro atoms. The number of rotatable bonds is 5. The summed E-state index contributed by atoms with van der Waals surface area (Å²) in [5.41, 5.74) is 1.38. The van der Waals surface area contributed by atoms with E-state index in [1.807, 2.05) is 0 Å². The monoisotopic (exact) mass is 475 g/mol. The van der Waals surface area contributed by atoms with Crippen LogP contribution in [0, 0.1) is 6.92 Å². The lowest BCUT2D eigenvalue weighted by atomic mass is 10.1. The second kappa shape index (κ2) is 10.1. The maximum Gasteiger partial charge on any atom is 0.409 e. The maximum absolute atomic E-state index is 13.4. The Morgan fingerprint density at radius 1 is 0.970 bits per heavy atom. The van der Waals surface area contributed by atoms with Crippen molar-refractivity contribution in [1.29, 1.82) is 0 Å². The third kappa shape index (κ3) is 5.05. The van der Waals surface area contributed by atoms with E-state index in [0.29, 0.717) is 55.2 Å². The number of hydrogen-bond acceptors (Lipinski definition) is 6. The molecule has 33 heavy (non-hydrogen) atoms. The minimum absolute atomic E-state index is 0.0101. The second-order valence-electron chi connectivity index (χ2n) is 7.72. The zero-order chi connectivity index (χ0) is 24.2. The molecule has 0 N–H and O–H groups in total. The molecule has 2 aromatic carbocycles. The average Bonchev–Trinajstić information content (AvgIpc) is 3.09. The lowest BCUT2D eigenvalue weighted by molar-refractivity contribution is 0.0756. The summed E-state index contributed by atoms with van der Waals surface area (Å²) in [5, 5.41) is 0. The number of amides is 2. The Morgan fingerprint density at radius 3 is 2.33 bits per heavy atom. The van der Waals surface area contributed by atoms with Crippen LogP contribution < -0.4 is 9.04 Å². The molecule has 3 rings (SSSR count). The first-order chi connectivity index (χ1) is 15.7. The Bertz CT molecular complexity index is 1130. The molecule has 1 aliphatic rings. The van der Waals surface area contributed by atoms with Crippen molar-refractivity contribution in [3.8, 4) is 5.75 Å². The summed E-state index contributed by atoms with van der Waals surface area (Å²) in [5.74, 6) is 0.155. The van der Waals surface area contributed by atoms with Gasteiger partial charge in [0.05, 0.1) is 24.8 Å². The summed E-state index contributed by atoms with van der Waals surface area (Å²) in [6, 6.07) is 11.4. The summed E-state index contributed by atoms with van der Waals surface area (Å²) in [7, 11) is 0.307. The highest BCUT2D eigenvalue weighted by Gasteiger charge is 2.28. The number of benzene rings is 2. The van der Waals surface area contributed by atoms with E-state index >= 15 is 0 Å². The van der Waals surface area contributed by atoms with Gasteiger partial charge in [-0.05, 0) is 43.2 Å². The molecule has 0 aromatic heterocycles. The number of anilines is 1. The van der Waals surface area contributed by atoms with Crippen LogP contribution in [0.2, 0.25) is 0 Å². The van der Waals surface area contributed by atoms with Crippen molar-refractivity contribution in [2.45, 2.75) is 18.2 Å². The van der Waals surface area contributed by atoms with Gasteiger partial charge in [-0.3, -0.25) is 9.10 Å². The zero-order valence-electron chi connectivity index (χ0n) is 19.3. The first-order valence-corrected chi connectivity index (χ1v) is 12.0. The van der Waals surface area contributed by atoms with Crippen molar-refractivity contribution in [2.75, 3.05) is 51.8 Å². The van der Waals surface area contributed by atoms with Gasteiger partial charge in [0.15, 0.2) is 0 Å². The third-order valence-corrected chi connectivity index (χ3v) is 7.51. The summed E-state index contributed by atoms with van der Waals surface area (Å²) >= 11 is 0. The average molecular weight is 476 g/mol. The van der Waals surface area contributed by atoms with E-state index < -0.39 is 16.1 Å². The Morgan fingerprint density at radius 2 is 1.64 bits per heavy atom. The maximum atomic E-state index is 13.4. The van der Waals surface area contributed by atoms with E-state index in [1.54, 1.807) is 47.1 Å². The van der Waals surface area contributed by atoms with Gasteiger partial charge in [0.25, 0.3) is 15.9 Å². The lowest BCUT2D eigenvalue weighted by Gasteiger charge is -2.24. The lowest BCUT2D eigenvalue weighted by Crippen LogP contribution is -2.37. The predicted octanol–water partition coefficient (Wildman–Crippen LogP) is 2.74. The van der Waals surface area contributed by atoms with Crippen LogP contribution in [0.25, 0.3) is 0 Å². The van der Waals surface area contributed by atoms with E-state index in [9.17, 15) is 18.0 Å². The van der Waals surface area contributed by atoms with Crippen LogP contribution in [0.5, 0.6) is 5.75 Å². The van der Waals surface area contributed by atoms with Crippen molar-refractivity contribution in [3.05, 3.63) is 53.6 Å². The molecule has 0 atom stereocenters. The van der Waals surface area contributed by atoms with Gasteiger partial charge in [-0.2, -0.15) is 0 Å². The van der Waals surface area contributed by atoms with Crippen LogP contribution in [0.3, 0.4) is 0 Å². The molecule has 9 nitrogen and oxygen atoms in total. The third-order valence-electron chi connectivity index (χ3n) is 5.74. The van der Waals surface area contributed by atoms with E-state index in [-0.39, 0.29) is 10.8 Å². The minimum atomic E-state index is -3.95. The Kier molecular flexibility index (Phi) is 7.47.